The molecule has 6 heteroatoms. The van der Waals surface area contributed by atoms with Gasteiger partial charge in [0.05, 0.1) is 11.1 Å². The van der Waals surface area contributed by atoms with Crippen molar-refractivity contribution in [2.75, 3.05) is 0 Å². The van der Waals surface area contributed by atoms with Crippen molar-refractivity contribution in [2.24, 2.45) is 0 Å². The molecule has 0 saturated heterocycles. The first-order valence-corrected chi connectivity index (χ1v) is 4.22. The smallest absolute Gasteiger partial charge is 0.336 e. The van der Waals surface area contributed by atoms with Gasteiger partial charge in [0, 0.05) is 5.56 Å². The number of benzene rings is 1. The molecule has 15 heavy (non-hydrogen) atoms. The Kier molecular flexibility index (Phi) is 3.11. The normalized spacial score (nSPS) is 9.67. The van der Waals surface area contributed by atoms with Crippen molar-refractivity contribution in [3.05, 3.63) is 34.9 Å². The van der Waals surface area contributed by atoms with Gasteiger partial charge in [-0.1, -0.05) is 0 Å². The van der Waals surface area contributed by atoms with Crippen LogP contribution in [0.4, 0.5) is 0 Å². The molecule has 0 aromatic heterocycles. The van der Waals surface area contributed by atoms with Gasteiger partial charge in [-0.15, -0.1) is 12.6 Å². The lowest BCUT2D eigenvalue weighted by molar-refractivity contribution is 0.0651. The zero-order valence-electron chi connectivity index (χ0n) is 7.30. The van der Waals surface area contributed by atoms with E-state index in [4.69, 9.17) is 10.2 Å². The van der Waals surface area contributed by atoms with E-state index in [1.54, 1.807) is 0 Å². The number of carbonyl (C=O) groups is 3. The number of carbonyl (C=O) groups excluding carboxylic acids is 1. The maximum Gasteiger partial charge on any atom is 0.336 e. The first-order chi connectivity index (χ1) is 6.93. The monoisotopic (exact) mass is 226 g/mol. The van der Waals surface area contributed by atoms with Crippen LogP contribution in [-0.2, 0) is 0 Å². The highest BCUT2D eigenvalue weighted by Gasteiger charge is 2.17. The summed E-state index contributed by atoms with van der Waals surface area (Å²) in [6, 6.07) is 3.27. The maximum atomic E-state index is 10.8. The van der Waals surface area contributed by atoms with Gasteiger partial charge in [0.2, 0.25) is 5.12 Å². The fourth-order valence-electron chi connectivity index (χ4n) is 1.04. The number of thiol groups is 1. The van der Waals surface area contributed by atoms with Crippen LogP contribution in [0.3, 0.4) is 0 Å². The summed E-state index contributed by atoms with van der Waals surface area (Å²) in [6.07, 6.45) is 0. The van der Waals surface area contributed by atoms with E-state index in [1.807, 2.05) is 0 Å². The number of hydrogen-bond donors (Lipinski definition) is 3. The van der Waals surface area contributed by atoms with Gasteiger partial charge in [0.1, 0.15) is 0 Å². The SMILES string of the molecule is O=C(S)c1ccc(C(=O)O)c(C(=O)O)c1. The van der Waals surface area contributed by atoms with Crippen molar-refractivity contribution in [2.45, 2.75) is 0 Å². The van der Waals surface area contributed by atoms with E-state index < -0.39 is 22.6 Å². The molecule has 78 valence electrons. The summed E-state index contributed by atoms with van der Waals surface area (Å²) in [5.41, 5.74) is -0.746. The third kappa shape index (κ3) is 2.35. The van der Waals surface area contributed by atoms with E-state index in [2.05, 4.69) is 12.6 Å². The summed E-state index contributed by atoms with van der Waals surface area (Å²) in [5, 5.41) is 16.8. The largest absolute Gasteiger partial charge is 0.478 e. The number of hydrogen-bond acceptors (Lipinski definition) is 3. The van der Waals surface area contributed by atoms with Gasteiger partial charge in [0.25, 0.3) is 0 Å². The van der Waals surface area contributed by atoms with Crippen molar-refractivity contribution < 1.29 is 24.6 Å². The Hall–Kier alpha value is -1.82. The maximum absolute atomic E-state index is 10.8. The van der Waals surface area contributed by atoms with Crippen molar-refractivity contribution >= 4 is 29.7 Å². The van der Waals surface area contributed by atoms with E-state index in [1.165, 1.54) is 6.07 Å². The molecule has 2 N–H and O–H groups in total. The average molecular weight is 226 g/mol. The Morgan fingerprint density at radius 2 is 1.53 bits per heavy atom. The average Bonchev–Trinajstić information content (AvgIpc) is 2.16. The minimum atomic E-state index is -1.40. The zero-order valence-corrected chi connectivity index (χ0v) is 8.19. The molecule has 0 aliphatic rings. The molecule has 0 atom stereocenters. The summed E-state index contributed by atoms with van der Waals surface area (Å²) in [7, 11) is 0. The Morgan fingerprint density at radius 1 is 1.00 bits per heavy atom. The third-order valence-electron chi connectivity index (χ3n) is 1.73. The second-order valence-corrected chi connectivity index (χ2v) is 3.08. The van der Waals surface area contributed by atoms with Gasteiger partial charge < -0.3 is 10.2 Å². The van der Waals surface area contributed by atoms with Gasteiger partial charge in [0.15, 0.2) is 0 Å². The highest BCUT2D eigenvalue weighted by Crippen LogP contribution is 2.14. The van der Waals surface area contributed by atoms with E-state index in [-0.39, 0.29) is 11.1 Å². The van der Waals surface area contributed by atoms with Gasteiger partial charge in [-0.3, -0.25) is 4.79 Å². The third-order valence-corrected chi connectivity index (χ3v) is 1.99. The van der Waals surface area contributed by atoms with Crippen molar-refractivity contribution in [1.29, 1.82) is 0 Å². The number of carboxylic acid groups (broad SMARTS) is 2. The summed E-state index contributed by atoms with van der Waals surface area (Å²) in [5.74, 6) is -2.76. The minimum Gasteiger partial charge on any atom is -0.478 e. The van der Waals surface area contributed by atoms with E-state index in [9.17, 15) is 14.4 Å². The highest BCUT2D eigenvalue weighted by atomic mass is 32.1. The van der Waals surface area contributed by atoms with Crippen LogP contribution in [0, 0.1) is 0 Å². The van der Waals surface area contributed by atoms with Crippen LogP contribution >= 0.6 is 12.6 Å². The standard InChI is InChI=1S/C9H6O5S/c10-7(11)5-2-1-4(9(14)15)3-6(5)8(12)13/h1-3H,(H,10,11)(H,12,13)(H,14,15). The molecule has 0 heterocycles. The van der Waals surface area contributed by atoms with Crippen LogP contribution in [0.15, 0.2) is 18.2 Å². The fraction of sp³-hybridized carbons (Fsp3) is 0. The molecular weight excluding hydrogens is 220 g/mol. The fourth-order valence-corrected chi connectivity index (χ4v) is 1.18. The predicted molar refractivity (Wildman–Crippen MR) is 53.7 cm³/mol. The molecule has 0 unspecified atom stereocenters. The molecule has 0 fully saturated rings. The number of rotatable bonds is 3. The van der Waals surface area contributed by atoms with Crippen molar-refractivity contribution in [3.8, 4) is 0 Å². The molecule has 1 aromatic rings. The van der Waals surface area contributed by atoms with Crippen LogP contribution in [0.1, 0.15) is 31.1 Å². The first kappa shape index (κ1) is 11.3. The molecular formula is C9H6O5S. The van der Waals surface area contributed by atoms with Crippen LogP contribution < -0.4 is 0 Å². The van der Waals surface area contributed by atoms with Gasteiger partial charge in [-0.05, 0) is 18.2 Å². The first-order valence-electron chi connectivity index (χ1n) is 3.77. The molecule has 0 saturated carbocycles. The van der Waals surface area contributed by atoms with E-state index in [0.29, 0.717) is 0 Å². The van der Waals surface area contributed by atoms with E-state index >= 15 is 0 Å². The van der Waals surface area contributed by atoms with Crippen LogP contribution in [-0.4, -0.2) is 27.3 Å². The highest BCUT2D eigenvalue weighted by molar-refractivity contribution is 7.97. The molecule has 0 amide bonds. The topological polar surface area (TPSA) is 91.7 Å². The summed E-state index contributed by atoms with van der Waals surface area (Å²) >= 11 is 3.51. The lowest BCUT2D eigenvalue weighted by Gasteiger charge is -2.02. The Bertz CT molecular complexity index is 452. The lowest BCUT2D eigenvalue weighted by atomic mass is 10.0. The molecule has 0 spiro atoms. The summed E-state index contributed by atoms with van der Waals surface area (Å²) < 4.78 is 0. The van der Waals surface area contributed by atoms with Crippen LogP contribution in [0.2, 0.25) is 0 Å². The predicted octanol–water partition coefficient (Wildman–Crippen LogP) is 1.15. The van der Waals surface area contributed by atoms with Crippen LogP contribution in [0.5, 0.6) is 0 Å². The molecule has 0 aliphatic heterocycles. The zero-order chi connectivity index (χ0) is 11.6. The van der Waals surface area contributed by atoms with E-state index in [0.717, 1.165) is 12.1 Å². The summed E-state index contributed by atoms with van der Waals surface area (Å²) in [4.78, 5) is 32.2. The van der Waals surface area contributed by atoms with Crippen LogP contribution in [0.25, 0.3) is 0 Å². The molecule has 0 bridgehead atoms. The number of carboxylic acids is 2. The quantitative estimate of drug-likeness (QED) is 0.672. The second-order valence-electron chi connectivity index (χ2n) is 2.68. The Morgan fingerprint density at radius 3 is 1.93 bits per heavy atom. The lowest BCUT2D eigenvalue weighted by Crippen LogP contribution is -2.09. The molecule has 0 radical (unpaired) electrons. The Labute approximate surface area is 89.8 Å². The van der Waals surface area contributed by atoms with Gasteiger partial charge in [-0.25, -0.2) is 9.59 Å². The molecule has 0 aliphatic carbocycles. The summed E-state index contributed by atoms with van der Waals surface area (Å²) in [6.45, 7) is 0. The second kappa shape index (κ2) is 4.14. The Balaban J connectivity index is 3.40. The van der Waals surface area contributed by atoms with Crippen molar-refractivity contribution in [1.82, 2.24) is 0 Å². The van der Waals surface area contributed by atoms with Gasteiger partial charge in [-0.2, -0.15) is 0 Å². The molecule has 1 rings (SSSR count). The van der Waals surface area contributed by atoms with Gasteiger partial charge >= 0.3 is 11.9 Å². The minimum absolute atomic E-state index is 0.0423. The number of aromatic carboxylic acids is 2. The molecule has 5 nitrogen and oxygen atoms in total. The molecule has 1 aromatic carbocycles. The van der Waals surface area contributed by atoms with Crippen molar-refractivity contribution in [3.63, 3.8) is 0 Å².